The lowest BCUT2D eigenvalue weighted by atomic mass is 10.1. The van der Waals surface area contributed by atoms with E-state index in [0.29, 0.717) is 12.3 Å². The number of hydrogen-bond donors (Lipinski definition) is 2. The zero-order valence-corrected chi connectivity index (χ0v) is 17.0. The summed E-state index contributed by atoms with van der Waals surface area (Å²) in [4.78, 5) is 19.3. The maximum atomic E-state index is 11.2. The van der Waals surface area contributed by atoms with Crippen LogP contribution in [-0.2, 0) is 10.8 Å². The number of benzene rings is 1. The molecule has 2 rings (SSSR count). The molecule has 0 saturated heterocycles. The van der Waals surface area contributed by atoms with E-state index in [1.165, 1.54) is 6.20 Å². The van der Waals surface area contributed by atoms with E-state index in [9.17, 15) is 4.79 Å². The van der Waals surface area contributed by atoms with Crippen LogP contribution in [0.4, 0.5) is 5.82 Å². The van der Waals surface area contributed by atoms with Crippen molar-refractivity contribution >= 4 is 20.1 Å². The van der Waals surface area contributed by atoms with E-state index in [0.717, 1.165) is 17.5 Å². The highest BCUT2D eigenvalue weighted by molar-refractivity contribution is 6.74. The number of nitrogen functional groups attached to an aromatic ring is 1. The molecule has 0 aliphatic rings. The summed E-state index contributed by atoms with van der Waals surface area (Å²) in [5.41, 5.74) is 7.75. The van der Waals surface area contributed by atoms with E-state index in [4.69, 9.17) is 15.3 Å². The predicted molar refractivity (Wildman–Crippen MR) is 106 cm³/mol. The van der Waals surface area contributed by atoms with Gasteiger partial charge in [-0.25, -0.2) is 14.8 Å². The van der Waals surface area contributed by atoms with E-state index in [1.807, 2.05) is 24.3 Å². The normalized spacial score (nSPS) is 12.2. The van der Waals surface area contributed by atoms with Crippen LogP contribution in [0.3, 0.4) is 0 Å². The Hall–Kier alpha value is -2.25. The number of nitrogens with two attached hydrogens (primary N) is 1. The lowest BCUT2D eigenvalue weighted by Crippen LogP contribution is -2.41. The summed E-state index contributed by atoms with van der Waals surface area (Å²) in [5.74, 6) is -1.27. The minimum Gasteiger partial charge on any atom is -0.564 e. The molecule has 1 aromatic heterocycles. The molecule has 26 heavy (non-hydrogen) atoms. The van der Waals surface area contributed by atoms with Crippen LogP contribution in [0.5, 0.6) is 0 Å². The topological polar surface area (TPSA) is 98.3 Å². The minimum absolute atomic E-state index is 0.0832. The van der Waals surface area contributed by atoms with Gasteiger partial charge in [0.1, 0.15) is 0 Å². The zero-order valence-electron chi connectivity index (χ0n) is 16.0. The Kier molecular flexibility index (Phi) is 5.83. The highest BCUT2D eigenvalue weighted by Gasteiger charge is 2.24. The van der Waals surface area contributed by atoms with Crippen LogP contribution in [0.2, 0.25) is 18.1 Å². The number of rotatable bonds is 6. The monoisotopic (exact) mass is 373 g/mol. The number of aromatic nitrogens is 2. The Morgan fingerprint density at radius 1 is 1.31 bits per heavy atom. The van der Waals surface area contributed by atoms with Gasteiger partial charge in [-0.1, -0.05) is 39.0 Å². The van der Waals surface area contributed by atoms with Gasteiger partial charge in [0.05, 0.1) is 11.9 Å². The molecule has 0 amide bonds. The molecule has 2 aromatic rings. The van der Waals surface area contributed by atoms with Crippen molar-refractivity contribution in [3.63, 3.8) is 0 Å². The fraction of sp³-hybridized carbons (Fsp3) is 0.421. The van der Waals surface area contributed by atoms with Gasteiger partial charge in [0.25, 0.3) is 0 Å². The Morgan fingerprint density at radius 3 is 2.62 bits per heavy atom. The fourth-order valence-corrected chi connectivity index (χ4v) is 3.27. The first kappa shape index (κ1) is 20.1. The van der Waals surface area contributed by atoms with Crippen molar-refractivity contribution in [3.8, 4) is 11.3 Å². The predicted octanol–water partition coefficient (Wildman–Crippen LogP) is 3.99. The molecule has 3 N–H and O–H groups in total. The summed E-state index contributed by atoms with van der Waals surface area (Å²) in [6.45, 7) is 11.8. The number of carboxylic acid groups (broad SMARTS) is 1. The van der Waals surface area contributed by atoms with Gasteiger partial charge in [-0.3, -0.25) is 0 Å². The Morgan fingerprint density at radius 2 is 2.00 bits per heavy atom. The molecule has 0 fully saturated rings. The van der Waals surface area contributed by atoms with E-state index in [2.05, 4.69) is 43.8 Å². The minimum atomic E-state index is -1.76. The van der Waals surface area contributed by atoms with Crippen molar-refractivity contribution in [2.24, 2.45) is 0 Å². The first-order chi connectivity index (χ1) is 12.0. The third kappa shape index (κ3) is 4.67. The van der Waals surface area contributed by atoms with Crippen LogP contribution in [-0.4, -0.2) is 36.0 Å². The molecule has 0 spiro atoms. The van der Waals surface area contributed by atoms with E-state index in [1.54, 1.807) is 0 Å². The molecule has 1 aromatic carbocycles. The standard InChI is InChI=1S/C19H27N3O3Si/c1-19(2,3)26(4,5)25-10-9-13-7-6-8-14(11-13)15-12-21-17(20)16(22-15)18(23)24/h6-8,11-12H,9-10H2,1-5H3,(H2,20,21)(H,23,24)/q-1. The molecular weight excluding hydrogens is 346 g/mol. The average Bonchev–Trinajstić information content (AvgIpc) is 2.54. The van der Waals surface area contributed by atoms with Crippen LogP contribution < -0.4 is 5.73 Å². The highest BCUT2D eigenvalue weighted by Crippen LogP contribution is 2.36. The first-order valence-electron chi connectivity index (χ1n) is 8.60. The summed E-state index contributed by atoms with van der Waals surface area (Å²) in [7, 11) is -1.76. The van der Waals surface area contributed by atoms with E-state index in [-0.39, 0.29) is 16.6 Å². The molecule has 0 atom stereocenters. The summed E-state index contributed by atoms with van der Waals surface area (Å²) in [5, 5.41) is 9.34. The quantitative estimate of drug-likeness (QED) is 0.743. The second kappa shape index (κ2) is 7.55. The molecule has 0 saturated carbocycles. The van der Waals surface area contributed by atoms with Gasteiger partial charge in [-0.2, -0.15) is 0 Å². The van der Waals surface area contributed by atoms with Crippen molar-refractivity contribution in [1.82, 2.24) is 9.97 Å². The van der Waals surface area contributed by atoms with Crippen molar-refractivity contribution in [2.75, 3.05) is 12.3 Å². The van der Waals surface area contributed by atoms with Crippen LogP contribution in [0.15, 0.2) is 30.5 Å². The van der Waals surface area contributed by atoms with Crippen molar-refractivity contribution in [3.05, 3.63) is 41.7 Å². The van der Waals surface area contributed by atoms with Crippen molar-refractivity contribution in [1.29, 1.82) is 0 Å². The van der Waals surface area contributed by atoms with Crippen LogP contribution >= 0.6 is 0 Å². The maximum absolute atomic E-state index is 11.2. The SMILES string of the molecule is CC(C)(C)[Si-](C)(C)OCCc1cccc(-c2cnc(N)c(C(=O)O)n2)c1. The van der Waals surface area contributed by atoms with Gasteiger partial charge in [0, 0.05) is 12.2 Å². The van der Waals surface area contributed by atoms with Gasteiger partial charge < -0.3 is 15.3 Å². The third-order valence-electron chi connectivity index (χ3n) is 4.89. The second-order valence-corrected chi connectivity index (χ2v) is 12.7. The van der Waals surface area contributed by atoms with Crippen LogP contribution in [0, 0.1) is 0 Å². The van der Waals surface area contributed by atoms with Crippen LogP contribution in [0.1, 0.15) is 36.8 Å². The number of anilines is 1. The Bertz CT molecular complexity index is 801. The maximum Gasteiger partial charge on any atom is 0.358 e. The molecule has 0 aliphatic heterocycles. The zero-order chi connectivity index (χ0) is 19.5. The molecular formula is C19H27N3O3Si-. The molecule has 1 heterocycles. The van der Waals surface area contributed by atoms with Gasteiger partial charge in [-0.05, 0) is 26.4 Å². The summed E-state index contributed by atoms with van der Waals surface area (Å²) >= 11 is 0. The highest BCUT2D eigenvalue weighted by atomic mass is 28.4. The largest absolute Gasteiger partial charge is 0.564 e. The number of nitrogens with zero attached hydrogens (tertiary/aromatic N) is 2. The molecule has 0 aliphatic carbocycles. The van der Waals surface area contributed by atoms with E-state index < -0.39 is 14.3 Å². The molecule has 7 heteroatoms. The summed E-state index contributed by atoms with van der Waals surface area (Å²) in [6, 6.07) is 7.82. The molecule has 141 valence electrons. The Labute approximate surface area is 155 Å². The summed E-state index contributed by atoms with van der Waals surface area (Å²) in [6.07, 6.45) is 2.28. The smallest absolute Gasteiger partial charge is 0.358 e. The van der Waals surface area contributed by atoms with Gasteiger partial charge in [-0.15, -0.1) is 18.1 Å². The number of carbonyl (C=O) groups is 1. The lowest BCUT2D eigenvalue weighted by molar-refractivity contribution is 0.0691. The van der Waals surface area contributed by atoms with Crippen LogP contribution in [0.25, 0.3) is 11.3 Å². The van der Waals surface area contributed by atoms with E-state index >= 15 is 0 Å². The second-order valence-electron chi connectivity index (χ2n) is 7.85. The molecule has 0 unspecified atom stereocenters. The van der Waals surface area contributed by atoms with Crippen molar-refractivity contribution < 1.29 is 14.3 Å². The number of hydrogen-bond acceptors (Lipinski definition) is 5. The fourth-order valence-electron chi connectivity index (χ4n) is 2.22. The molecule has 0 radical (unpaired) electrons. The molecule has 0 bridgehead atoms. The number of aromatic carboxylic acids is 1. The Balaban J connectivity index is 2.14. The van der Waals surface area contributed by atoms with Gasteiger partial charge >= 0.3 is 5.97 Å². The first-order valence-corrected chi connectivity index (χ1v) is 11.5. The lowest BCUT2D eigenvalue weighted by Gasteiger charge is -2.48. The van der Waals surface area contributed by atoms with Crippen molar-refractivity contribution in [2.45, 2.75) is 45.3 Å². The third-order valence-corrected chi connectivity index (χ3v) is 9.42. The van der Waals surface area contributed by atoms with Gasteiger partial charge in [0.15, 0.2) is 11.5 Å². The average molecular weight is 374 g/mol. The molecule has 6 nitrogen and oxygen atoms in total. The summed E-state index contributed by atoms with van der Waals surface area (Å²) < 4.78 is 6.23. The van der Waals surface area contributed by atoms with Gasteiger partial charge in [0.2, 0.25) is 0 Å². The number of carboxylic acids is 1.